The fourth-order valence-corrected chi connectivity index (χ4v) is 4.41. The minimum atomic E-state index is -3.88. The van der Waals surface area contributed by atoms with Crippen LogP contribution in [-0.2, 0) is 26.2 Å². The first-order valence-corrected chi connectivity index (χ1v) is 13.1. The second-order valence-corrected chi connectivity index (χ2v) is 11.2. The SMILES string of the molecule is CCC(C(=O)NC(C)(C)C)N(Cc1cccc(OC)c1)C(=O)CN(c1ccc(F)cc1)S(C)(=O)=O. The van der Waals surface area contributed by atoms with Gasteiger partial charge in [-0.15, -0.1) is 0 Å². The van der Waals surface area contributed by atoms with E-state index in [-0.39, 0.29) is 18.1 Å². The maximum atomic E-state index is 13.6. The summed E-state index contributed by atoms with van der Waals surface area (Å²) in [5, 5.41) is 2.90. The Morgan fingerprint density at radius 3 is 2.26 bits per heavy atom. The van der Waals surface area contributed by atoms with Gasteiger partial charge in [-0.1, -0.05) is 19.1 Å². The number of amides is 2. The highest BCUT2D eigenvalue weighted by Crippen LogP contribution is 2.21. The van der Waals surface area contributed by atoms with E-state index < -0.39 is 39.9 Å². The summed E-state index contributed by atoms with van der Waals surface area (Å²) in [4.78, 5) is 28.1. The van der Waals surface area contributed by atoms with Crippen molar-refractivity contribution in [3.05, 3.63) is 59.9 Å². The van der Waals surface area contributed by atoms with E-state index in [1.54, 1.807) is 31.2 Å². The van der Waals surface area contributed by atoms with Crippen molar-refractivity contribution in [3.63, 3.8) is 0 Å². The molecule has 0 saturated heterocycles. The molecule has 0 fully saturated rings. The Morgan fingerprint density at radius 2 is 1.74 bits per heavy atom. The molecule has 0 aromatic heterocycles. The lowest BCUT2D eigenvalue weighted by Gasteiger charge is -2.34. The third kappa shape index (κ3) is 8.24. The minimum Gasteiger partial charge on any atom is -0.497 e. The molecule has 0 radical (unpaired) electrons. The van der Waals surface area contributed by atoms with Gasteiger partial charge in [-0.3, -0.25) is 13.9 Å². The molecule has 2 aromatic carbocycles. The molecule has 0 heterocycles. The van der Waals surface area contributed by atoms with Gasteiger partial charge in [0.2, 0.25) is 21.8 Å². The molecule has 0 aliphatic rings. The van der Waals surface area contributed by atoms with Crippen molar-refractivity contribution in [1.82, 2.24) is 10.2 Å². The summed E-state index contributed by atoms with van der Waals surface area (Å²) in [6, 6.07) is 11.1. The van der Waals surface area contributed by atoms with E-state index in [2.05, 4.69) is 5.32 Å². The zero-order chi connectivity index (χ0) is 26.4. The molecule has 1 unspecified atom stereocenters. The average Bonchev–Trinajstić information content (AvgIpc) is 2.76. The van der Waals surface area contributed by atoms with Gasteiger partial charge in [0.25, 0.3) is 0 Å². The second-order valence-electron chi connectivity index (χ2n) is 9.28. The lowest BCUT2D eigenvalue weighted by molar-refractivity contribution is -0.141. The summed E-state index contributed by atoms with van der Waals surface area (Å²) in [6.45, 7) is 6.82. The number of nitrogens with zero attached hydrogens (tertiary/aromatic N) is 2. The predicted molar refractivity (Wildman–Crippen MR) is 134 cm³/mol. The van der Waals surface area contributed by atoms with Crippen LogP contribution in [0, 0.1) is 5.82 Å². The quantitative estimate of drug-likeness (QED) is 0.532. The van der Waals surface area contributed by atoms with E-state index in [1.165, 1.54) is 24.1 Å². The Balaban J connectivity index is 2.46. The number of hydrogen-bond donors (Lipinski definition) is 1. The van der Waals surface area contributed by atoms with E-state index in [0.29, 0.717) is 17.7 Å². The van der Waals surface area contributed by atoms with Crippen LogP contribution in [0.2, 0.25) is 0 Å². The molecule has 1 N–H and O–H groups in total. The van der Waals surface area contributed by atoms with Crippen molar-refractivity contribution in [2.75, 3.05) is 24.2 Å². The maximum absolute atomic E-state index is 13.6. The van der Waals surface area contributed by atoms with Crippen molar-refractivity contribution in [1.29, 1.82) is 0 Å². The third-order valence-corrected chi connectivity index (χ3v) is 6.31. The van der Waals surface area contributed by atoms with E-state index in [0.717, 1.165) is 22.7 Å². The topological polar surface area (TPSA) is 96.0 Å². The summed E-state index contributed by atoms with van der Waals surface area (Å²) in [5.74, 6) is -0.855. The van der Waals surface area contributed by atoms with Crippen LogP contribution in [-0.4, -0.2) is 56.6 Å². The van der Waals surface area contributed by atoms with Crippen LogP contribution in [0.5, 0.6) is 5.75 Å². The van der Waals surface area contributed by atoms with E-state index in [9.17, 15) is 22.4 Å². The number of carbonyl (C=O) groups excluding carboxylic acids is 2. The molecule has 2 aromatic rings. The Morgan fingerprint density at radius 1 is 1.11 bits per heavy atom. The van der Waals surface area contributed by atoms with Gasteiger partial charge < -0.3 is 15.0 Å². The van der Waals surface area contributed by atoms with E-state index in [1.807, 2.05) is 20.8 Å². The molecule has 35 heavy (non-hydrogen) atoms. The normalized spacial score (nSPS) is 12.5. The fourth-order valence-electron chi connectivity index (χ4n) is 3.56. The van der Waals surface area contributed by atoms with Gasteiger partial charge in [0.05, 0.1) is 19.1 Å². The molecule has 2 amide bonds. The summed E-state index contributed by atoms with van der Waals surface area (Å²) >= 11 is 0. The number of nitrogens with one attached hydrogen (secondary N) is 1. The van der Waals surface area contributed by atoms with Crippen LogP contribution in [0.1, 0.15) is 39.7 Å². The fraction of sp³-hybridized carbons (Fsp3) is 0.440. The van der Waals surface area contributed by atoms with Crippen LogP contribution in [0.3, 0.4) is 0 Å². The first-order chi connectivity index (χ1) is 16.2. The first kappa shape index (κ1) is 28.1. The van der Waals surface area contributed by atoms with Crippen molar-refractivity contribution in [3.8, 4) is 5.75 Å². The Kier molecular flexibility index (Phi) is 9.25. The molecule has 1 atom stereocenters. The Hall–Kier alpha value is -3.14. The third-order valence-electron chi connectivity index (χ3n) is 5.16. The number of ether oxygens (including phenoxy) is 1. The molecule has 0 spiro atoms. The first-order valence-electron chi connectivity index (χ1n) is 11.2. The lowest BCUT2D eigenvalue weighted by atomic mass is 10.1. The maximum Gasteiger partial charge on any atom is 0.244 e. The number of carbonyl (C=O) groups is 2. The lowest BCUT2D eigenvalue weighted by Crippen LogP contribution is -2.55. The van der Waals surface area contributed by atoms with Crippen LogP contribution in [0.4, 0.5) is 10.1 Å². The minimum absolute atomic E-state index is 0.0626. The highest BCUT2D eigenvalue weighted by Gasteiger charge is 2.33. The zero-order valence-electron chi connectivity index (χ0n) is 21.0. The van der Waals surface area contributed by atoms with Gasteiger partial charge in [0, 0.05) is 12.1 Å². The molecule has 8 nitrogen and oxygen atoms in total. The summed E-state index contributed by atoms with van der Waals surface area (Å²) in [7, 11) is -2.35. The van der Waals surface area contributed by atoms with Crippen LogP contribution in [0.25, 0.3) is 0 Å². The number of methoxy groups -OCH3 is 1. The van der Waals surface area contributed by atoms with Crippen LogP contribution >= 0.6 is 0 Å². The summed E-state index contributed by atoms with van der Waals surface area (Å²) in [6.07, 6.45) is 1.28. The number of sulfonamides is 1. The van der Waals surface area contributed by atoms with Crippen LogP contribution < -0.4 is 14.4 Å². The highest BCUT2D eigenvalue weighted by atomic mass is 32.2. The molecular weight excluding hydrogens is 473 g/mol. The van der Waals surface area contributed by atoms with Gasteiger partial charge in [-0.05, 0) is 69.2 Å². The zero-order valence-corrected chi connectivity index (χ0v) is 21.9. The van der Waals surface area contributed by atoms with Crippen molar-refractivity contribution >= 4 is 27.5 Å². The van der Waals surface area contributed by atoms with Gasteiger partial charge >= 0.3 is 0 Å². The Labute approximate surface area is 207 Å². The predicted octanol–water partition coefficient (Wildman–Crippen LogP) is 3.32. The molecule has 0 aliphatic carbocycles. The molecular formula is C25H34FN3O5S. The van der Waals surface area contributed by atoms with Crippen molar-refractivity contribution in [2.24, 2.45) is 0 Å². The number of rotatable bonds is 10. The number of hydrogen-bond acceptors (Lipinski definition) is 5. The molecule has 0 bridgehead atoms. The smallest absolute Gasteiger partial charge is 0.244 e. The Bertz CT molecular complexity index is 1130. The van der Waals surface area contributed by atoms with Gasteiger partial charge in [-0.25, -0.2) is 12.8 Å². The van der Waals surface area contributed by atoms with Crippen molar-refractivity contribution in [2.45, 2.75) is 52.2 Å². The van der Waals surface area contributed by atoms with Crippen LogP contribution in [0.15, 0.2) is 48.5 Å². The molecule has 2 rings (SSSR count). The van der Waals surface area contributed by atoms with Crippen molar-refractivity contribution < 1.29 is 27.1 Å². The van der Waals surface area contributed by atoms with Gasteiger partial charge in [0.15, 0.2) is 0 Å². The largest absolute Gasteiger partial charge is 0.497 e. The number of benzene rings is 2. The summed E-state index contributed by atoms with van der Waals surface area (Å²) in [5.41, 5.74) is 0.338. The monoisotopic (exact) mass is 507 g/mol. The highest BCUT2D eigenvalue weighted by molar-refractivity contribution is 7.92. The summed E-state index contributed by atoms with van der Waals surface area (Å²) < 4.78 is 44.7. The van der Waals surface area contributed by atoms with E-state index in [4.69, 9.17) is 4.74 Å². The number of anilines is 1. The molecule has 0 aliphatic heterocycles. The average molecular weight is 508 g/mol. The molecule has 10 heteroatoms. The standard InChI is InChI=1S/C25H34FN3O5S/c1-7-22(24(31)27-25(2,3)4)28(16-18-9-8-10-21(15-18)34-5)23(30)17-29(35(6,32)33)20-13-11-19(26)12-14-20/h8-15,22H,7,16-17H2,1-6H3,(H,27,31). The molecule has 192 valence electrons. The number of halogens is 1. The van der Waals surface area contributed by atoms with Gasteiger partial charge in [0.1, 0.15) is 24.2 Å². The second kappa shape index (κ2) is 11.5. The molecule has 0 saturated carbocycles. The van der Waals surface area contributed by atoms with E-state index >= 15 is 0 Å². The van der Waals surface area contributed by atoms with Gasteiger partial charge in [-0.2, -0.15) is 0 Å².